The van der Waals surface area contributed by atoms with E-state index in [2.05, 4.69) is 10.6 Å². The molecule has 4 amide bonds. The van der Waals surface area contributed by atoms with Crippen LogP contribution in [-0.2, 0) is 28.9 Å². The van der Waals surface area contributed by atoms with E-state index in [-0.39, 0.29) is 37.1 Å². The van der Waals surface area contributed by atoms with Gasteiger partial charge in [0.2, 0.25) is 5.91 Å². The van der Waals surface area contributed by atoms with Gasteiger partial charge in [-0.25, -0.2) is 4.79 Å². The van der Waals surface area contributed by atoms with Crippen LogP contribution in [0.5, 0.6) is 0 Å². The number of nitrogens with zero attached hydrogens (tertiary/aromatic N) is 1. The van der Waals surface area contributed by atoms with Crippen molar-refractivity contribution in [3.8, 4) is 11.1 Å². The van der Waals surface area contributed by atoms with Gasteiger partial charge in [-0.3, -0.25) is 9.59 Å². The van der Waals surface area contributed by atoms with E-state index in [1.54, 1.807) is 0 Å². The van der Waals surface area contributed by atoms with E-state index in [1.165, 1.54) is 11.0 Å². The van der Waals surface area contributed by atoms with Crippen LogP contribution in [0.15, 0.2) is 71.6 Å². The molecule has 11 heteroatoms. The highest BCUT2D eigenvalue weighted by Gasteiger charge is 2.35. The van der Waals surface area contributed by atoms with Crippen LogP contribution in [-0.4, -0.2) is 29.6 Å². The lowest BCUT2D eigenvalue weighted by molar-refractivity contribution is -0.137. The molecule has 0 saturated carbocycles. The molecule has 0 radical (unpaired) electrons. The maximum Gasteiger partial charge on any atom is 0.416 e. The molecule has 40 heavy (non-hydrogen) atoms. The molecule has 7 nitrogen and oxygen atoms in total. The number of anilines is 1. The van der Waals surface area contributed by atoms with Crippen molar-refractivity contribution in [2.24, 2.45) is 5.73 Å². The number of hydrogen-bond acceptors (Lipinski definition) is 4. The Morgan fingerprint density at radius 2 is 1.80 bits per heavy atom. The highest BCUT2D eigenvalue weighted by atomic mass is 32.2. The maximum absolute atomic E-state index is 13.6. The quantitative estimate of drug-likeness (QED) is 0.334. The Hall–Kier alpha value is -3.99. The number of urea groups is 1. The van der Waals surface area contributed by atoms with Crippen LogP contribution >= 0.6 is 11.8 Å². The Balaban J connectivity index is 1.64. The van der Waals surface area contributed by atoms with Crippen molar-refractivity contribution < 1.29 is 27.6 Å². The minimum atomic E-state index is -4.52. The summed E-state index contributed by atoms with van der Waals surface area (Å²) in [7, 11) is 0. The number of benzene rings is 3. The van der Waals surface area contributed by atoms with Gasteiger partial charge in [-0.05, 0) is 46.9 Å². The minimum Gasteiger partial charge on any atom is -0.352 e. The van der Waals surface area contributed by atoms with Gasteiger partial charge < -0.3 is 21.3 Å². The molecular weight excluding hydrogens is 541 g/mol. The van der Waals surface area contributed by atoms with Crippen LogP contribution in [0.2, 0.25) is 0 Å². The number of carbonyl (C=O) groups excluding carboxylic acids is 3. The Morgan fingerprint density at radius 1 is 1.07 bits per heavy atom. The molecule has 3 aromatic carbocycles. The van der Waals surface area contributed by atoms with Gasteiger partial charge in [0.1, 0.15) is 6.04 Å². The molecule has 210 valence electrons. The third kappa shape index (κ3) is 6.95. The zero-order valence-electron chi connectivity index (χ0n) is 21.8. The number of hydrogen-bond donors (Lipinski definition) is 3. The van der Waals surface area contributed by atoms with Crippen molar-refractivity contribution in [3.05, 3.63) is 83.4 Å². The van der Waals surface area contributed by atoms with E-state index in [0.717, 1.165) is 46.1 Å². The van der Waals surface area contributed by atoms with Crippen molar-refractivity contribution in [2.75, 3.05) is 10.7 Å². The molecule has 1 aliphatic heterocycles. The summed E-state index contributed by atoms with van der Waals surface area (Å²) in [6.07, 6.45) is -3.67. The van der Waals surface area contributed by atoms with Gasteiger partial charge in [0.25, 0.3) is 5.91 Å². The molecule has 1 atom stereocenters. The first-order valence-electron chi connectivity index (χ1n) is 12.7. The smallest absolute Gasteiger partial charge is 0.352 e. The Kier molecular flexibility index (Phi) is 9.03. The van der Waals surface area contributed by atoms with Crippen molar-refractivity contribution in [1.29, 1.82) is 0 Å². The summed E-state index contributed by atoms with van der Waals surface area (Å²) < 4.78 is 40.3. The molecule has 1 aliphatic rings. The molecule has 4 N–H and O–H groups in total. The number of nitrogens with two attached hydrogens (primary N) is 1. The second-order valence-corrected chi connectivity index (χ2v) is 10.4. The van der Waals surface area contributed by atoms with Crippen LogP contribution in [0, 0.1) is 0 Å². The summed E-state index contributed by atoms with van der Waals surface area (Å²) in [6, 6.07) is 16.8. The second kappa shape index (κ2) is 12.5. The predicted octanol–water partition coefficient (Wildman–Crippen LogP) is 5.46. The lowest BCUT2D eigenvalue weighted by Gasteiger charge is -2.26. The lowest BCUT2D eigenvalue weighted by Crippen LogP contribution is -2.49. The van der Waals surface area contributed by atoms with Crippen LogP contribution < -0.4 is 21.3 Å². The standard InChI is InChI=1S/C29H29F3N4O3S/c1-2-5-26(37)35-23-17-40-25-14-21(29(30,31)32)12-13-24(25)36(27(23)38)16-18-8-10-19(11-9-18)22-7-4-3-6-20(22)15-34-28(33)39/h3-4,6-14,23H,2,5,15-17H2,1H3,(H,35,37)(H3,33,34,39)/t23-/m1/s1. The summed E-state index contributed by atoms with van der Waals surface area (Å²) in [4.78, 5) is 38.9. The van der Waals surface area contributed by atoms with Crippen molar-refractivity contribution in [1.82, 2.24) is 10.6 Å². The van der Waals surface area contributed by atoms with Crippen LogP contribution in [0.4, 0.5) is 23.7 Å². The Labute approximate surface area is 234 Å². The second-order valence-electron chi connectivity index (χ2n) is 9.36. The number of primary amides is 1. The van der Waals surface area contributed by atoms with Gasteiger partial charge in [0, 0.05) is 23.6 Å². The van der Waals surface area contributed by atoms with Gasteiger partial charge >= 0.3 is 12.2 Å². The summed E-state index contributed by atoms with van der Waals surface area (Å²) in [5, 5.41) is 5.34. The van der Waals surface area contributed by atoms with Crippen LogP contribution in [0.1, 0.15) is 36.5 Å². The first-order valence-corrected chi connectivity index (χ1v) is 13.7. The highest BCUT2D eigenvalue weighted by Crippen LogP contribution is 2.40. The number of amides is 4. The van der Waals surface area contributed by atoms with Gasteiger partial charge in [0.05, 0.1) is 17.8 Å². The van der Waals surface area contributed by atoms with E-state index in [1.807, 2.05) is 55.5 Å². The van der Waals surface area contributed by atoms with Crippen LogP contribution in [0.3, 0.4) is 0 Å². The largest absolute Gasteiger partial charge is 0.416 e. The fraction of sp³-hybridized carbons (Fsp3) is 0.276. The van der Waals surface area contributed by atoms with E-state index in [9.17, 15) is 27.6 Å². The number of thioether (sulfide) groups is 1. The summed E-state index contributed by atoms with van der Waals surface area (Å²) in [5.74, 6) is -0.548. The predicted molar refractivity (Wildman–Crippen MR) is 148 cm³/mol. The molecule has 0 unspecified atom stereocenters. The average Bonchev–Trinajstić information content (AvgIpc) is 3.04. The average molecular weight is 571 g/mol. The summed E-state index contributed by atoms with van der Waals surface area (Å²) in [6.45, 7) is 2.21. The fourth-order valence-electron chi connectivity index (χ4n) is 4.45. The third-order valence-electron chi connectivity index (χ3n) is 6.44. The van der Waals surface area contributed by atoms with E-state index in [4.69, 9.17) is 5.73 Å². The number of halogens is 3. The lowest BCUT2D eigenvalue weighted by atomic mass is 9.98. The molecular formula is C29H29F3N4O3S. The van der Waals surface area contributed by atoms with Gasteiger partial charge in [-0.2, -0.15) is 13.2 Å². The number of fused-ring (bicyclic) bond motifs is 1. The molecule has 0 bridgehead atoms. The van der Waals surface area contributed by atoms with Gasteiger partial charge in [-0.15, -0.1) is 11.8 Å². The topological polar surface area (TPSA) is 105 Å². The van der Waals surface area contributed by atoms with Gasteiger partial charge in [0.15, 0.2) is 0 Å². The Bertz CT molecular complexity index is 1400. The molecule has 4 rings (SSSR count). The Morgan fingerprint density at radius 3 is 2.48 bits per heavy atom. The molecule has 0 saturated heterocycles. The third-order valence-corrected chi connectivity index (χ3v) is 7.57. The number of rotatable bonds is 8. The summed E-state index contributed by atoms with van der Waals surface area (Å²) >= 11 is 1.12. The zero-order chi connectivity index (χ0) is 28.9. The van der Waals surface area contributed by atoms with E-state index < -0.39 is 23.8 Å². The SMILES string of the molecule is CCCC(=O)N[C@@H]1CSc2cc(C(F)(F)F)ccc2N(Cc2ccc(-c3ccccc3CNC(N)=O)cc2)C1=O. The fourth-order valence-corrected chi connectivity index (χ4v) is 5.56. The first kappa shape index (κ1) is 29.0. The zero-order valence-corrected chi connectivity index (χ0v) is 22.6. The molecule has 0 spiro atoms. The molecule has 0 aromatic heterocycles. The first-order chi connectivity index (χ1) is 19.1. The monoisotopic (exact) mass is 570 g/mol. The van der Waals surface area contributed by atoms with Crippen LogP contribution in [0.25, 0.3) is 11.1 Å². The minimum absolute atomic E-state index is 0.100. The van der Waals surface area contributed by atoms with E-state index >= 15 is 0 Å². The number of carbonyl (C=O) groups is 3. The molecule has 0 aliphatic carbocycles. The highest BCUT2D eigenvalue weighted by molar-refractivity contribution is 7.99. The maximum atomic E-state index is 13.6. The number of alkyl halides is 3. The molecule has 3 aromatic rings. The molecule has 0 fully saturated rings. The van der Waals surface area contributed by atoms with Crippen molar-refractivity contribution in [2.45, 2.75) is 50.0 Å². The van der Waals surface area contributed by atoms with Gasteiger partial charge in [-0.1, -0.05) is 55.5 Å². The normalized spacial score (nSPS) is 15.2. The number of nitrogens with one attached hydrogen (secondary N) is 2. The van der Waals surface area contributed by atoms with Crippen molar-refractivity contribution >= 4 is 35.3 Å². The molecule has 1 heterocycles. The van der Waals surface area contributed by atoms with E-state index in [0.29, 0.717) is 17.0 Å². The summed E-state index contributed by atoms with van der Waals surface area (Å²) in [5.41, 5.74) is 8.17. The van der Waals surface area contributed by atoms with Crippen molar-refractivity contribution in [3.63, 3.8) is 0 Å².